The standard InChI is InChI=1S/C29H33F3N8O5/c1-26(2)10-11-45-20-16(4-3-5-17(20)26)23(42)37-19-13-40-25(34)36-18(21-27(40,28(19,43)44)39-24(33)38-21)12-35-22(41)14-6-8-15(9-7-14)29(30,31)32/h3-9,18-19,21,43-44H,10-13H2,1-2H3,(H2,34,36)(H,35,41)(H,37,42)(H3,33,38,39). The van der Waals surface area contributed by atoms with Crippen molar-refractivity contribution in [2.75, 3.05) is 19.7 Å². The van der Waals surface area contributed by atoms with E-state index in [0.717, 1.165) is 36.2 Å². The lowest BCUT2D eigenvalue weighted by molar-refractivity contribution is -0.230. The van der Waals surface area contributed by atoms with E-state index in [1.54, 1.807) is 12.1 Å². The number of aliphatic imine (C=N–C) groups is 2. The smallest absolute Gasteiger partial charge is 0.416 e. The number of carbonyl (C=O) groups excluding carboxylic acids is 2. The highest BCUT2D eigenvalue weighted by Gasteiger charge is 2.73. The number of alkyl halides is 3. The van der Waals surface area contributed by atoms with Crippen LogP contribution in [0.2, 0.25) is 0 Å². The number of guanidine groups is 2. The van der Waals surface area contributed by atoms with Gasteiger partial charge >= 0.3 is 6.18 Å². The molecule has 4 atom stereocenters. The van der Waals surface area contributed by atoms with Gasteiger partial charge in [0, 0.05) is 24.2 Å². The fourth-order valence-corrected chi connectivity index (χ4v) is 6.55. The molecule has 4 heterocycles. The first kappa shape index (κ1) is 30.5. The molecule has 2 aromatic carbocycles. The zero-order valence-corrected chi connectivity index (χ0v) is 24.4. The monoisotopic (exact) mass is 630 g/mol. The first-order valence-corrected chi connectivity index (χ1v) is 14.3. The molecular formula is C29H33F3N8O5. The fourth-order valence-electron chi connectivity index (χ4n) is 6.55. The van der Waals surface area contributed by atoms with Gasteiger partial charge in [0.15, 0.2) is 17.6 Å². The lowest BCUT2D eigenvalue weighted by Crippen LogP contribution is -2.78. The number of para-hydroxylation sites is 1. The summed E-state index contributed by atoms with van der Waals surface area (Å²) < 4.78 is 44.6. The van der Waals surface area contributed by atoms with Crippen molar-refractivity contribution in [1.82, 2.24) is 20.9 Å². The molecule has 6 rings (SSSR count). The van der Waals surface area contributed by atoms with E-state index >= 15 is 0 Å². The molecule has 2 aromatic rings. The average molecular weight is 631 g/mol. The molecule has 9 N–H and O–H groups in total. The predicted molar refractivity (Wildman–Crippen MR) is 155 cm³/mol. The summed E-state index contributed by atoms with van der Waals surface area (Å²) in [5.41, 5.74) is 10.4. The number of amides is 2. The SMILES string of the molecule is CC1(C)CCOc2c(C(=O)NC3CN4C(N)=NC(CNC(=O)c5ccc(C(F)(F)F)cc5)C5N=C(N)NC54C3(O)O)cccc21. The third kappa shape index (κ3) is 4.79. The molecule has 13 nitrogen and oxygen atoms in total. The fraction of sp³-hybridized carbons (Fsp3) is 0.448. The number of nitrogens with two attached hydrogens (primary N) is 2. The van der Waals surface area contributed by atoms with Crippen LogP contribution in [0.3, 0.4) is 0 Å². The van der Waals surface area contributed by atoms with Gasteiger partial charge in [-0.3, -0.25) is 9.59 Å². The van der Waals surface area contributed by atoms with Crippen LogP contribution in [0.25, 0.3) is 0 Å². The molecular weight excluding hydrogens is 597 g/mol. The third-order valence-corrected chi connectivity index (χ3v) is 9.02. The second-order valence-electron chi connectivity index (χ2n) is 12.2. The number of rotatable bonds is 5. The molecule has 0 aromatic heterocycles. The topological polar surface area (TPSA) is 200 Å². The Morgan fingerprint density at radius 2 is 1.82 bits per heavy atom. The van der Waals surface area contributed by atoms with Crippen LogP contribution in [0.5, 0.6) is 5.75 Å². The van der Waals surface area contributed by atoms with E-state index in [9.17, 15) is 33.0 Å². The third-order valence-electron chi connectivity index (χ3n) is 9.02. The van der Waals surface area contributed by atoms with Gasteiger partial charge in [0.05, 0.1) is 23.8 Å². The molecule has 0 radical (unpaired) electrons. The molecule has 0 aliphatic carbocycles. The van der Waals surface area contributed by atoms with Crippen molar-refractivity contribution < 1.29 is 37.7 Å². The van der Waals surface area contributed by atoms with Crippen molar-refractivity contribution in [2.24, 2.45) is 21.5 Å². The predicted octanol–water partition coefficient (Wildman–Crippen LogP) is -0.0299. The molecule has 1 fully saturated rings. The van der Waals surface area contributed by atoms with Gasteiger partial charge in [0.1, 0.15) is 17.8 Å². The first-order chi connectivity index (χ1) is 21.1. The van der Waals surface area contributed by atoms with E-state index in [4.69, 9.17) is 16.2 Å². The molecule has 1 saturated heterocycles. The molecule has 16 heteroatoms. The van der Waals surface area contributed by atoms with E-state index in [0.29, 0.717) is 12.4 Å². The maximum atomic E-state index is 13.6. The number of fused-ring (bicyclic) bond motifs is 1. The Kier molecular flexibility index (Phi) is 6.93. The van der Waals surface area contributed by atoms with E-state index < -0.39 is 53.1 Å². The lowest BCUT2D eigenvalue weighted by Gasteiger charge is -2.49. The van der Waals surface area contributed by atoms with Gasteiger partial charge < -0.3 is 47.3 Å². The largest absolute Gasteiger partial charge is 0.492 e. The number of nitrogens with one attached hydrogen (secondary N) is 3. The highest BCUT2D eigenvalue weighted by molar-refractivity contribution is 5.98. The summed E-state index contributed by atoms with van der Waals surface area (Å²) in [6.45, 7) is 4.11. The van der Waals surface area contributed by atoms with Crippen LogP contribution in [-0.2, 0) is 11.6 Å². The maximum absolute atomic E-state index is 13.6. The molecule has 240 valence electrons. The minimum absolute atomic E-state index is 0.0302. The Labute approximate surface area is 255 Å². The number of ether oxygens (including phenoxy) is 1. The maximum Gasteiger partial charge on any atom is 0.416 e. The number of benzene rings is 2. The number of carbonyl (C=O) groups is 2. The normalized spacial score (nSPS) is 27.5. The Morgan fingerprint density at radius 1 is 1.11 bits per heavy atom. The van der Waals surface area contributed by atoms with Crippen LogP contribution in [0.4, 0.5) is 13.2 Å². The molecule has 4 aliphatic heterocycles. The second-order valence-corrected chi connectivity index (χ2v) is 12.2. The summed E-state index contributed by atoms with van der Waals surface area (Å²) in [4.78, 5) is 36.5. The summed E-state index contributed by atoms with van der Waals surface area (Å²) >= 11 is 0. The van der Waals surface area contributed by atoms with Gasteiger partial charge in [-0.15, -0.1) is 0 Å². The van der Waals surface area contributed by atoms with Crippen LogP contribution >= 0.6 is 0 Å². The Hall–Kier alpha value is -4.57. The Bertz CT molecular complexity index is 1610. The van der Waals surface area contributed by atoms with E-state index in [1.165, 1.54) is 4.90 Å². The van der Waals surface area contributed by atoms with Crippen molar-refractivity contribution in [3.8, 4) is 5.75 Å². The first-order valence-electron chi connectivity index (χ1n) is 14.3. The van der Waals surface area contributed by atoms with Crippen LogP contribution in [0.15, 0.2) is 52.4 Å². The van der Waals surface area contributed by atoms with Crippen molar-refractivity contribution in [3.63, 3.8) is 0 Å². The number of hydrogen-bond acceptors (Lipinski definition) is 11. The summed E-state index contributed by atoms with van der Waals surface area (Å²) in [5.74, 6) is -3.87. The number of aliphatic hydroxyl groups is 2. The van der Waals surface area contributed by atoms with Crippen LogP contribution in [0, 0.1) is 0 Å². The van der Waals surface area contributed by atoms with Crippen LogP contribution < -0.4 is 32.2 Å². The lowest BCUT2D eigenvalue weighted by atomic mass is 9.79. The molecule has 0 bridgehead atoms. The number of halogens is 3. The van der Waals surface area contributed by atoms with Gasteiger partial charge in [-0.1, -0.05) is 26.0 Å². The van der Waals surface area contributed by atoms with Gasteiger partial charge in [0.25, 0.3) is 11.8 Å². The highest BCUT2D eigenvalue weighted by Crippen LogP contribution is 2.45. The molecule has 4 aliphatic rings. The van der Waals surface area contributed by atoms with Gasteiger partial charge in [-0.05, 0) is 42.2 Å². The minimum atomic E-state index is -4.55. The molecule has 4 unspecified atom stereocenters. The average Bonchev–Trinajstić information content (AvgIpc) is 3.44. The number of nitrogens with zero attached hydrogens (tertiary/aromatic N) is 3. The van der Waals surface area contributed by atoms with Gasteiger partial charge in [-0.2, -0.15) is 13.2 Å². The minimum Gasteiger partial charge on any atom is -0.492 e. The van der Waals surface area contributed by atoms with E-state index in [-0.39, 0.29) is 41.6 Å². The summed E-state index contributed by atoms with van der Waals surface area (Å²) in [7, 11) is 0. The summed E-state index contributed by atoms with van der Waals surface area (Å²) in [6, 6.07) is 5.49. The molecule has 1 spiro atoms. The zero-order valence-electron chi connectivity index (χ0n) is 24.4. The van der Waals surface area contributed by atoms with Crippen molar-refractivity contribution in [3.05, 3.63) is 64.7 Å². The van der Waals surface area contributed by atoms with E-state index in [1.807, 2.05) is 6.07 Å². The quantitative estimate of drug-likeness (QED) is 0.222. The zero-order chi connectivity index (χ0) is 32.5. The van der Waals surface area contributed by atoms with Crippen molar-refractivity contribution in [1.29, 1.82) is 0 Å². The Morgan fingerprint density at radius 3 is 2.51 bits per heavy atom. The number of hydrogen-bond donors (Lipinski definition) is 7. The summed E-state index contributed by atoms with van der Waals surface area (Å²) in [5, 5.41) is 31.6. The van der Waals surface area contributed by atoms with Gasteiger partial charge in [0.2, 0.25) is 5.79 Å². The van der Waals surface area contributed by atoms with Crippen LogP contribution in [-0.4, -0.2) is 88.1 Å². The van der Waals surface area contributed by atoms with Crippen molar-refractivity contribution in [2.45, 2.75) is 61.4 Å². The molecule has 0 saturated carbocycles. The van der Waals surface area contributed by atoms with Gasteiger partial charge in [-0.25, -0.2) is 9.98 Å². The highest BCUT2D eigenvalue weighted by atomic mass is 19.4. The second kappa shape index (κ2) is 10.2. The van der Waals surface area contributed by atoms with Crippen LogP contribution in [0.1, 0.15) is 52.1 Å². The van der Waals surface area contributed by atoms with E-state index in [2.05, 4.69) is 39.8 Å². The summed E-state index contributed by atoms with van der Waals surface area (Å²) in [6.07, 6.45) is -3.79. The molecule has 2 amide bonds. The Balaban J connectivity index is 1.23. The van der Waals surface area contributed by atoms with Crippen molar-refractivity contribution >= 4 is 23.7 Å². The molecule has 45 heavy (non-hydrogen) atoms.